The minimum atomic E-state index is 0.673. The van der Waals surface area contributed by atoms with Crippen molar-refractivity contribution in [2.45, 2.75) is 25.8 Å². The average molecular weight is 286 g/mol. The van der Waals surface area contributed by atoms with Crippen LogP contribution < -0.4 is 10.5 Å². The van der Waals surface area contributed by atoms with E-state index in [0.29, 0.717) is 5.82 Å². The molecule has 0 spiro atoms. The number of piperidine rings is 1. The zero-order chi connectivity index (χ0) is 14.7. The lowest BCUT2D eigenvalue weighted by atomic mass is 10.1. The van der Waals surface area contributed by atoms with E-state index in [1.54, 1.807) is 11.8 Å². The van der Waals surface area contributed by atoms with Crippen LogP contribution in [0.5, 0.6) is 5.75 Å². The van der Waals surface area contributed by atoms with Gasteiger partial charge in [-0.05, 0) is 50.2 Å². The molecule has 1 aromatic carbocycles. The van der Waals surface area contributed by atoms with Gasteiger partial charge in [0.2, 0.25) is 0 Å². The van der Waals surface area contributed by atoms with E-state index in [1.807, 2.05) is 30.3 Å². The minimum absolute atomic E-state index is 0.673. The Labute approximate surface area is 125 Å². The number of aromatic nitrogens is 2. The van der Waals surface area contributed by atoms with E-state index in [9.17, 15) is 0 Å². The molecule has 2 N–H and O–H groups in total. The zero-order valence-electron chi connectivity index (χ0n) is 12.5. The molecule has 112 valence electrons. The molecule has 1 saturated heterocycles. The summed E-state index contributed by atoms with van der Waals surface area (Å²) in [6.45, 7) is 3.21. The van der Waals surface area contributed by atoms with Crippen LogP contribution in [0.1, 0.15) is 25.0 Å². The Hall–Kier alpha value is -2.01. The number of hydrogen-bond donors (Lipinski definition) is 1. The molecule has 5 nitrogen and oxygen atoms in total. The van der Waals surface area contributed by atoms with E-state index in [-0.39, 0.29) is 0 Å². The van der Waals surface area contributed by atoms with E-state index in [0.717, 1.165) is 36.8 Å². The van der Waals surface area contributed by atoms with Crippen molar-refractivity contribution in [1.29, 1.82) is 0 Å². The third-order valence-corrected chi connectivity index (χ3v) is 3.94. The first-order valence-electron chi connectivity index (χ1n) is 7.47. The van der Waals surface area contributed by atoms with Gasteiger partial charge in [-0.3, -0.25) is 4.90 Å². The summed E-state index contributed by atoms with van der Waals surface area (Å²) in [5, 5.41) is 4.64. The molecule has 0 unspecified atom stereocenters. The Morgan fingerprint density at radius 2 is 1.86 bits per heavy atom. The monoisotopic (exact) mass is 286 g/mol. The van der Waals surface area contributed by atoms with Crippen LogP contribution in [0, 0.1) is 0 Å². The number of nitrogen functional groups attached to an aromatic ring is 1. The van der Waals surface area contributed by atoms with Crippen LogP contribution in [0.3, 0.4) is 0 Å². The molecule has 1 fully saturated rings. The van der Waals surface area contributed by atoms with Crippen LogP contribution in [-0.2, 0) is 6.54 Å². The van der Waals surface area contributed by atoms with E-state index in [1.165, 1.54) is 19.3 Å². The first kappa shape index (κ1) is 13.9. The highest BCUT2D eigenvalue weighted by Gasteiger charge is 2.14. The molecular formula is C16H22N4O. The minimum Gasteiger partial charge on any atom is -0.497 e. The van der Waals surface area contributed by atoms with Crippen molar-refractivity contribution in [3.63, 3.8) is 0 Å². The molecule has 0 aliphatic carbocycles. The molecule has 0 saturated carbocycles. The number of anilines is 1. The van der Waals surface area contributed by atoms with Crippen LogP contribution >= 0.6 is 0 Å². The Morgan fingerprint density at radius 1 is 1.14 bits per heavy atom. The van der Waals surface area contributed by atoms with Crippen molar-refractivity contribution < 1.29 is 4.74 Å². The summed E-state index contributed by atoms with van der Waals surface area (Å²) < 4.78 is 6.96. The van der Waals surface area contributed by atoms with Gasteiger partial charge in [0.1, 0.15) is 11.6 Å². The second-order valence-electron chi connectivity index (χ2n) is 5.51. The summed E-state index contributed by atoms with van der Waals surface area (Å²) in [5.74, 6) is 1.50. The molecule has 3 rings (SSSR count). The fourth-order valence-electron chi connectivity index (χ4n) is 2.80. The van der Waals surface area contributed by atoms with Gasteiger partial charge in [-0.1, -0.05) is 6.42 Å². The highest BCUT2D eigenvalue weighted by atomic mass is 16.5. The first-order chi connectivity index (χ1) is 10.3. The second kappa shape index (κ2) is 6.18. The maximum Gasteiger partial charge on any atom is 0.127 e. The van der Waals surface area contributed by atoms with Crippen LogP contribution in [-0.4, -0.2) is 34.9 Å². The predicted octanol–water partition coefficient (Wildman–Crippen LogP) is 2.45. The molecule has 0 radical (unpaired) electrons. The van der Waals surface area contributed by atoms with Crippen LogP contribution in [0.4, 0.5) is 5.82 Å². The molecule has 2 aromatic rings. The third kappa shape index (κ3) is 3.19. The van der Waals surface area contributed by atoms with E-state index in [2.05, 4.69) is 10.00 Å². The van der Waals surface area contributed by atoms with Crippen molar-refractivity contribution in [3.05, 3.63) is 36.0 Å². The van der Waals surface area contributed by atoms with E-state index < -0.39 is 0 Å². The van der Waals surface area contributed by atoms with Gasteiger partial charge in [0.25, 0.3) is 0 Å². The van der Waals surface area contributed by atoms with Crippen molar-refractivity contribution in [2.24, 2.45) is 0 Å². The lowest BCUT2D eigenvalue weighted by Crippen LogP contribution is -2.29. The quantitative estimate of drug-likeness (QED) is 0.938. The Kier molecular flexibility index (Phi) is 4.10. The summed E-state index contributed by atoms with van der Waals surface area (Å²) >= 11 is 0. The molecule has 0 amide bonds. The number of rotatable bonds is 4. The van der Waals surface area contributed by atoms with E-state index >= 15 is 0 Å². The second-order valence-corrected chi connectivity index (χ2v) is 5.51. The third-order valence-electron chi connectivity index (χ3n) is 3.94. The summed E-state index contributed by atoms with van der Waals surface area (Å²) in [6.07, 6.45) is 3.92. The van der Waals surface area contributed by atoms with Crippen LogP contribution in [0.25, 0.3) is 5.69 Å². The zero-order valence-corrected chi connectivity index (χ0v) is 12.5. The number of hydrogen-bond acceptors (Lipinski definition) is 4. The van der Waals surface area contributed by atoms with Crippen molar-refractivity contribution in [1.82, 2.24) is 14.7 Å². The molecule has 1 aromatic heterocycles. The summed E-state index contributed by atoms with van der Waals surface area (Å²) in [7, 11) is 1.66. The number of methoxy groups -OCH3 is 1. The fourth-order valence-corrected chi connectivity index (χ4v) is 2.80. The van der Waals surface area contributed by atoms with E-state index in [4.69, 9.17) is 10.5 Å². The Bertz CT molecular complexity index is 585. The Balaban J connectivity index is 1.76. The van der Waals surface area contributed by atoms with Crippen LogP contribution in [0.15, 0.2) is 30.3 Å². The van der Waals surface area contributed by atoms with Gasteiger partial charge in [0.05, 0.1) is 18.5 Å². The van der Waals surface area contributed by atoms with Crippen molar-refractivity contribution >= 4 is 5.82 Å². The first-order valence-corrected chi connectivity index (χ1v) is 7.47. The largest absolute Gasteiger partial charge is 0.497 e. The molecule has 0 atom stereocenters. The summed E-state index contributed by atoms with van der Waals surface area (Å²) in [4.78, 5) is 2.45. The summed E-state index contributed by atoms with van der Waals surface area (Å²) in [5.41, 5.74) is 8.09. The number of nitrogens with zero attached hydrogens (tertiary/aromatic N) is 3. The van der Waals surface area contributed by atoms with Gasteiger partial charge >= 0.3 is 0 Å². The SMILES string of the molecule is COc1ccc(-n2nc(CN3CCCCC3)cc2N)cc1. The highest BCUT2D eigenvalue weighted by Crippen LogP contribution is 2.19. The van der Waals surface area contributed by atoms with Crippen LogP contribution in [0.2, 0.25) is 0 Å². The van der Waals surface area contributed by atoms with Gasteiger partial charge < -0.3 is 10.5 Å². The Morgan fingerprint density at radius 3 is 2.52 bits per heavy atom. The predicted molar refractivity (Wildman–Crippen MR) is 83.7 cm³/mol. The molecule has 5 heteroatoms. The number of nitrogens with two attached hydrogens (primary N) is 1. The van der Waals surface area contributed by atoms with Gasteiger partial charge in [-0.15, -0.1) is 0 Å². The van der Waals surface area contributed by atoms with Gasteiger partial charge in [0.15, 0.2) is 0 Å². The fraction of sp³-hybridized carbons (Fsp3) is 0.438. The van der Waals surface area contributed by atoms with Crippen molar-refractivity contribution in [3.8, 4) is 11.4 Å². The molecule has 1 aliphatic heterocycles. The lowest BCUT2D eigenvalue weighted by molar-refractivity contribution is 0.218. The number of benzene rings is 1. The smallest absolute Gasteiger partial charge is 0.127 e. The topological polar surface area (TPSA) is 56.3 Å². The molecule has 0 bridgehead atoms. The number of ether oxygens (including phenoxy) is 1. The standard InChI is InChI=1S/C16H22N4O/c1-21-15-7-5-14(6-8-15)20-16(17)11-13(18-20)12-19-9-3-2-4-10-19/h5-8,11H,2-4,9-10,12,17H2,1H3. The molecular weight excluding hydrogens is 264 g/mol. The summed E-state index contributed by atoms with van der Waals surface area (Å²) in [6, 6.07) is 9.74. The molecule has 2 heterocycles. The maximum absolute atomic E-state index is 6.10. The number of likely N-dealkylation sites (tertiary alicyclic amines) is 1. The average Bonchev–Trinajstić information content (AvgIpc) is 2.89. The molecule has 21 heavy (non-hydrogen) atoms. The highest BCUT2D eigenvalue weighted by molar-refractivity contribution is 5.44. The van der Waals surface area contributed by atoms with Crippen molar-refractivity contribution in [2.75, 3.05) is 25.9 Å². The lowest BCUT2D eigenvalue weighted by Gasteiger charge is -2.25. The van der Waals surface area contributed by atoms with Gasteiger partial charge in [0, 0.05) is 12.6 Å². The van der Waals surface area contributed by atoms with Gasteiger partial charge in [-0.2, -0.15) is 5.10 Å². The maximum atomic E-state index is 6.10. The molecule has 1 aliphatic rings. The normalized spacial score (nSPS) is 16.0. The van der Waals surface area contributed by atoms with Gasteiger partial charge in [-0.25, -0.2) is 4.68 Å².